The van der Waals surface area contributed by atoms with Crippen molar-refractivity contribution in [1.29, 1.82) is 0 Å². The Morgan fingerprint density at radius 2 is 1.12 bits per heavy atom. The number of nitrogens with two attached hydrogens (primary N) is 1. The lowest BCUT2D eigenvalue weighted by Gasteiger charge is -2.28. The Hall–Kier alpha value is -7.97. The molecule has 0 spiro atoms. The highest BCUT2D eigenvalue weighted by atomic mass is 32.2. The molecule has 6 amide bonds. The van der Waals surface area contributed by atoms with Gasteiger partial charge in [-0.05, 0) is 85.6 Å². The summed E-state index contributed by atoms with van der Waals surface area (Å²) in [7, 11) is -3.85. The Kier molecular flexibility index (Phi) is 10.2. The van der Waals surface area contributed by atoms with Gasteiger partial charge in [0.2, 0.25) is 10.0 Å². The first-order chi connectivity index (χ1) is 28.8. The Labute approximate surface area is 340 Å². The van der Waals surface area contributed by atoms with Gasteiger partial charge in [0, 0.05) is 45.9 Å². The van der Waals surface area contributed by atoms with E-state index in [4.69, 9.17) is 5.14 Å². The Morgan fingerprint density at radius 1 is 0.633 bits per heavy atom. The number of benzene rings is 4. The highest BCUT2D eigenvalue weighted by Crippen LogP contribution is 2.31. The van der Waals surface area contributed by atoms with Crippen molar-refractivity contribution in [2.45, 2.75) is 30.8 Å². The summed E-state index contributed by atoms with van der Waals surface area (Å²) in [5.41, 5.74) is 7.21. The summed E-state index contributed by atoms with van der Waals surface area (Å²) in [5, 5.41) is 37.1. The quantitative estimate of drug-likeness (QED) is 0.110. The fourth-order valence-corrected chi connectivity index (χ4v) is 7.45. The van der Waals surface area contributed by atoms with E-state index in [-0.39, 0.29) is 16.8 Å². The van der Waals surface area contributed by atoms with Gasteiger partial charge in [-0.25, -0.2) is 23.1 Å². The number of hydrogen-bond donors (Lipinski definition) is 9. The van der Waals surface area contributed by atoms with Crippen molar-refractivity contribution >= 4 is 78.1 Å². The van der Waals surface area contributed by atoms with Crippen LogP contribution >= 0.6 is 0 Å². The Bertz CT molecular complexity index is 3050. The van der Waals surface area contributed by atoms with Crippen LogP contribution in [0.15, 0.2) is 131 Å². The van der Waals surface area contributed by atoms with E-state index in [1.54, 1.807) is 62.9 Å². The van der Waals surface area contributed by atoms with E-state index >= 15 is 0 Å². The van der Waals surface area contributed by atoms with Crippen LogP contribution in [0.25, 0.3) is 32.8 Å². The lowest BCUT2D eigenvalue weighted by atomic mass is 9.94. The molecule has 2 unspecified atom stereocenters. The number of hydrogen-bond acceptors (Lipinski definition) is 10. The summed E-state index contributed by atoms with van der Waals surface area (Å²) in [6.07, 6.45) is 6.56. The second-order valence-corrected chi connectivity index (χ2v) is 15.4. The van der Waals surface area contributed by atoms with Crippen LogP contribution in [0.1, 0.15) is 37.1 Å². The second-order valence-electron chi connectivity index (χ2n) is 13.8. The van der Waals surface area contributed by atoms with Crippen LogP contribution in [0.3, 0.4) is 0 Å². The van der Waals surface area contributed by atoms with E-state index in [2.05, 4.69) is 62.3 Å². The molecule has 2 atom stereocenters. The number of sulfonamides is 1. The van der Waals surface area contributed by atoms with Crippen molar-refractivity contribution in [3.05, 3.63) is 137 Å². The van der Waals surface area contributed by atoms with E-state index < -0.39 is 34.0 Å². The first-order valence-corrected chi connectivity index (χ1v) is 19.7. The molecule has 3 aromatic heterocycles. The maximum Gasteiger partial charge on any atom is 0.319 e. The zero-order valence-electron chi connectivity index (χ0n) is 31.7. The summed E-state index contributed by atoms with van der Waals surface area (Å²) >= 11 is 0. The van der Waals surface area contributed by atoms with Crippen LogP contribution in [-0.2, 0) is 19.6 Å². The molecule has 302 valence electrons. The number of fused-ring (bicyclic) bond motifs is 3. The van der Waals surface area contributed by atoms with E-state index in [0.29, 0.717) is 45.0 Å². The van der Waals surface area contributed by atoms with Gasteiger partial charge in [-0.2, -0.15) is 10.2 Å². The predicted octanol–water partition coefficient (Wildman–Crippen LogP) is 4.25. The molecule has 60 heavy (non-hydrogen) atoms. The number of aromatic amines is 2. The SMILES string of the molecule is CC1=C(C(=O)Nc2ccc3[nH]ncc3c2)C(c2ccc(S(N)(=O)=O)cc2)NC(=O)N1.CC1=C(C(=O)Nc2ccc3[nH]ncc3c2)C(c2ccc3nccnc3c2)NC(=O)N1. The molecule has 0 bridgehead atoms. The van der Waals surface area contributed by atoms with Gasteiger partial charge in [-0.1, -0.05) is 18.2 Å². The fourth-order valence-electron chi connectivity index (χ4n) is 6.94. The first-order valence-electron chi connectivity index (χ1n) is 18.2. The fraction of sp³-hybridized carbons (Fsp3) is 0.100. The number of amides is 6. The number of H-pyrrole nitrogens is 2. The molecule has 0 saturated carbocycles. The number of aromatic nitrogens is 6. The topological polar surface area (TPSA) is 284 Å². The molecule has 7 aromatic rings. The van der Waals surface area contributed by atoms with Crippen LogP contribution in [0.4, 0.5) is 21.0 Å². The van der Waals surface area contributed by atoms with E-state index in [9.17, 15) is 27.6 Å². The zero-order valence-corrected chi connectivity index (χ0v) is 32.5. The van der Waals surface area contributed by atoms with Crippen molar-refractivity contribution < 1.29 is 27.6 Å². The van der Waals surface area contributed by atoms with Gasteiger partial charge in [0.05, 0.1) is 62.6 Å². The predicted molar refractivity (Wildman–Crippen MR) is 221 cm³/mol. The third kappa shape index (κ3) is 8.08. The van der Waals surface area contributed by atoms with Gasteiger partial charge in [0.1, 0.15) is 0 Å². The molecule has 9 rings (SSSR count). The van der Waals surface area contributed by atoms with Gasteiger partial charge in [-0.3, -0.25) is 29.8 Å². The van der Waals surface area contributed by atoms with Crippen LogP contribution in [0.2, 0.25) is 0 Å². The summed E-state index contributed by atoms with van der Waals surface area (Å²) in [4.78, 5) is 58.9. The highest BCUT2D eigenvalue weighted by Gasteiger charge is 2.33. The minimum absolute atomic E-state index is 0.0633. The number of nitrogens with one attached hydrogen (secondary N) is 8. The molecule has 2 aliphatic rings. The van der Waals surface area contributed by atoms with Crippen LogP contribution in [0, 0.1) is 0 Å². The third-order valence-electron chi connectivity index (χ3n) is 9.79. The van der Waals surface area contributed by atoms with Gasteiger partial charge in [0.15, 0.2) is 0 Å². The van der Waals surface area contributed by atoms with Crippen LogP contribution < -0.4 is 37.0 Å². The largest absolute Gasteiger partial charge is 0.327 e. The number of allylic oxidation sites excluding steroid dienone is 2. The monoisotopic (exact) mass is 825 g/mol. The van der Waals surface area contributed by atoms with Crippen molar-refractivity contribution in [3.63, 3.8) is 0 Å². The third-order valence-corrected chi connectivity index (χ3v) is 10.7. The molecule has 20 heteroatoms. The van der Waals surface area contributed by atoms with Gasteiger partial charge in [-0.15, -0.1) is 0 Å². The molecular weight excluding hydrogens is 791 g/mol. The molecule has 19 nitrogen and oxygen atoms in total. The minimum atomic E-state index is -3.85. The standard InChI is InChI=1S/C21H17N7O2.C19H18N6O4S/c1-11-18(20(29)26-14-3-5-15-13(8-14)10-24-28-15)19(27-21(30)25-11)12-2-4-16-17(9-12)23-7-6-22-16;1-10-16(18(26)23-13-4-7-15-12(8-13)9-21-25-15)17(24-19(27)22-10)11-2-5-14(6-3-11)30(20,28)29/h2-10,19H,1H3,(H,24,28)(H,26,29)(H2,25,27,30);2-9,17H,1H3,(H,21,25)(H,23,26)(H2,20,28,29)(H2,22,24,27). The molecule has 4 aromatic carbocycles. The average Bonchev–Trinajstić information content (AvgIpc) is 3.89. The molecule has 0 fully saturated rings. The van der Waals surface area contributed by atoms with Gasteiger partial charge >= 0.3 is 12.1 Å². The molecule has 0 saturated heterocycles. The number of anilines is 2. The summed E-state index contributed by atoms with van der Waals surface area (Å²) in [6.45, 7) is 3.33. The highest BCUT2D eigenvalue weighted by molar-refractivity contribution is 7.89. The van der Waals surface area contributed by atoms with Crippen LogP contribution in [0.5, 0.6) is 0 Å². The second kappa shape index (κ2) is 15.8. The molecular formula is C40H35N13O6S. The average molecular weight is 826 g/mol. The maximum atomic E-state index is 13.2. The van der Waals surface area contributed by atoms with E-state index in [1.165, 1.54) is 24.3 Å². The smallest absolute Gasteiger partial charge is 0.319 e. The van der Waals surface area contributed by atoms with Crippen molar-refractivity contribution in [2.75, 3.05) is 10.6 Å². The number of carbonyl (C=O) groups excluding carboxylic acids is 4. The Morgan fingerprint density at radius 3 is 1.63 bits per heavy atom. The number of urea groups is 2. The number of carbonyl (C=O) groups is 4. The lowest BCUT2D eigenvalue weighted by Crippen LogP contribution is -2.46. The number of nitrogens with zero attached hydrogens (tertiary/aromatic N) is 4. The van der Waals surface area contributed by atoms with E-state index in [1.807, 2.05) is 30.3 Å². The van der Waals surface area contributed by atoms with Crippen molar-refractivity contribution in [2.24, 2.45) is 5.14 Å². The number of primary sulfonamides is 1. The molecule has 5 heterocycles. The van der Waals surface area contributed by atoms with E-state index in [0.717, 1.165) is 32.9 Å². The lowest BCUT2D eigenvalue weighted by molar-refractivity contribution is -0.114. The van der Waals surface area contributed by atoms with Crippen molar-refractivity contribution in [1.82, 2.24) is 51.6 Å². The maximum absolute atomic E-state index is 13.2. The molecule has 10 N–H and O–H groups in total. The molecule has 2 aliphatic heterocycles. The minimum Gasteiger partial charge on any atom is -0.327 e. The zero-order chi connectivity index (χ0) is 42.1. The summed E-state index contributed by atoms with van der Waals surface area (Å²) < 4.78 is 23.0. The molecule has 0 radical (unpaired) electrons. The molecule has 0 aliphatic carbocycles. The number of rotatable bonds is 7. The normalized spacial score (nSPS) is 16.6. The summed E-state index contributed by atoms with van der Waals surface area (Å²) in [6, 6.07) is 19.7. The van der Waals surface area contributed by atoms with Gasteiger partial charge in [0.25, 0.3) is 11.8 Å². The van der Waals surface area contributed by atoms with Crippen molar-refractivity contribution in [3.8, 4) is 0 Å². The van der Waals surface area contributed by atoms with Gasteiger partial charge < -0.3 is 31.9 Å². The first kappa shape index (κ1) is 38.9. The Balaban J connectivity index is 0.000000166. The van der Waals surface area contributed by atoms with Crippen LogP contribution in [-0.4, -0.2) is 62.7 Å². The summed E-state index contributed by atoms with van der Waals surface area (Å²) in [5.74, 6) is -0.726.